The first-order valence-corrected chi connectivity index (χ1v) is 21.0. The van der Waals surface area contributed by atoms with E-state index in [0.717, 1.165) is 50.0 Å². The van der Waals surface area contributed by atoms with Crippen LogP contribution in [0.1, 0.15) is 96.1 Å². The van der Waals surface area contributed by atoms with Gasteiger partial charge in [-0.1, -0.05) is 57.7 Å². The van der Waals surface area contributed by atoms with Crippen LogP contribution in [0.25, 0.3) is 0 Å². The van der Waals surface area contributed by atoms with E-state index < -0.39 is 64.4 Å². The molecule has 3 fully saturated rings. The molecule has 55 heavy (non-hydrogen) atoms. The number of thioether (sulfide) groups is 2. The third-order valence-corrected chi connectivity index (χ3v) is 13.2. The van der Waals surface area contributed by atoms with Gasteiger partial charge >= 0.3 is 6.09 Å². The van der Waals surface area contributed by atoms with Crippen molar-refractivity contribution in [3.63, 3.8) is 0 Å². The van der Waals surface area contributed by atoms with Crippen LogP contribution in [0.2, 0.25) is 0 Å². The maximum absolute atomic E-state index is 14.6. The van der Waals surface area contributed by atoms with Crippen LogP contribution in [-0.4, -0.2) is 119 Å². The number of rotatable bonds is 16. The Morgan fingerprint density at radius 1 is 1.02 bits per heavy atom. The molecule has 17 nitrogen and oxygen atoms in total. The smallest absolute Gasteiger partial charge is 0.407 e. The van der Waals surface area contributed by atoms with Gasteiger partial charge in [0.2, 0.25) is 29.3 Å². The van der Waals surface area contributed by atoms with E-state index in [2.05, 4.69) is 46.9 Å². The zero-order valence-corrected chi connectivity index (χ0v) is 33.2. The predicted molar refractivity (Wildman–Crippen MR) is 205 cm³/mol. The Morgan fingerprint density at radius 3 is 2.44 bits per heavy atom. The maximum atomic E-state index is 14.6. The number of alkyl carbamates (subject to hydrolysis) is 1. The van der Waals surface area contributed by atoms with Gasteiger partial charge in [0.25, 0.3) is 5.91 Å². The number of aromatic amines is 1. The Kier molecular flexibility index (Phi) is 15.3. The normalized spacial score (nSPS) is 19.9. The number of likely N-dealkylation sites (tertiary alicyclic amines) is 1. The number of H-pyrrole nitrogens is 1. The molecule has 1 aliphatic carbocycles. The number of amides is 5. The fourth-order valence-corrected chi connectivity index (χ4v) is 10.5. The summed E-state index contributed by atoms with van der Waals surface area (Å²) in [6, 6.07) is 1.25. The van der Waals surface area contributed by atoms with Crippen molar-refractivity contribution in [1.29, 1.82) is 0 Å². The molecule has 0 bridgehead atoms. The number of carbonyl (C=O) groups excluding carboxylic acids is 6. The molecule has 1 spiro atoms. The van der Waals surface area contributed by atoms with Gasteiger partial charge in [-0.15, -0.1) is 33.7 Å². The number of hydrogen-bond acceptors (Lipinski definition) is 13. The summed E-state index contributed by atoms with van der Waals surface area (Å²) < 4.78 is 5.00. The molecular weight excluding hydrogens is 749 g/mol. The molecule has 2 unspecified atom stereocenters. The lowest BCUT2D eigenvalue weighted by atomic mass is 9.83. The minimum atomic E-state index is -1.19. The van der Waals surface area contributed by atoms with E-state index >= 15 is 0 Å². The van der Waals surface area contributed by atoms with Crippen molar-refractivity contribution in [2.24, 2.45) is 11.8 Å². The fourth-order valence-electron chi connectivity index (χ4n) is 7.12. The topological polar surface area (TPSA) is 230 Å². The van der Waals surface area contributed by atoms with Gasteiger partial charge in [0.1, 0.15) is 18.1 Å². The van der Waals surface area contributed by atoms with Gasteiger partial charge in [0.15, 0.2) is 0 Å². The van der Waals surface area contributed by atoms with Crippen LogP contribution in [0.5, 0.6) is 0 Å². The quantitative estimate of drug-likeness (QED) is 0.154. The second-order valence-corrected chi connectivity index (χ2v) is 17.8. The summed E-state index contributed by atoms with van der Waals surface area (Å²) in [4.78, 5) is 87.2. The summed E-state index contributed by atoms with van der Waals surface area (Å²) >= 11 is 3.46. The van der Waals surface area contributed by atoms with Gasteiger partial charge in [-0.3, -0.25) is 29.0 Å². The molecule has 4 atom stereocenters. The first-order valence-electron chi connectivity index (χ1n) is 19.1. The minimum Gasteiger partial charge on any atom is -0.449 e. The Labute approximate surface area is 329 Å². The van der Waals surface area contributed by atoms with E-state index in [9.17, 15) is 28.8 Å². The molecule has 3 aliphatic rings. The summed E-state index contributed by atoms with van der Waals surface area (Å²) in [6.07, 6.45) is 7.33. The zero-order valence-electron chi connectivity index (χ0n) is 31.6. The Balaban J connectivity index is 1.27. The molecule has 4 heterocycles. The van der Waals surface area contributed by atoms with Gasteiger partial charge in [-0.05, 0) is 61.2 Å². The van der Waals surface area contributed by atoms with Crippen LogP contribution in [0, 0.1) is 11.8 Å². The zero-order chi connectivity index (χ0) is 39.4. The molecule has 2 saturated heterocycles. The third-order valence-electron chi connectivity index (χ3n) is 9.86. The Morgan fingerprint density at radius 2 is 1.78 bits per heavy atom. The molecule has 5 N–H and O–H groups in total. The van der Waals surface area contributed by atoms with E-state index in [-0.39, 0.29) is 36.6 Å². The van der Waals surface area contributed by atoms with Gasteiger partial charge < -0.3 is 30.9 Å². The average molecular weight is 801 g/mol. The second-order valence-electron chi connectivity index (χ2n) is 14.6. The molecule has 2 aromatic rings. The monoisotopic (exact) mass is 800 g/mol. The summed E-state index contributed by atoms with van der Waals surface area (Å²) in [5, 5.41) is 24.5. The predicted octanol–water partition coefficient (Wildman–Crippen LogP) is 2.27. The number of pyridine rings is 1. The average Bonchev–Trinajstić information content (AvgIpc) is 3.86. The summed E-state index contributed by atoms with van der Waals surface area (Å²) in [6.45, 7) is 5.65. The van der Waals surface area contributed by atoms with E-state index in [1.807, 2.05) is 20.8 Å². The van der Waals surface area contributed by atoms with E-state index in [4.69, 9.17) is 4.74 Å². The van der Waals surface area contributed by atoms with E-state index in [1.54, 1.807) is 52.8 Å². The number of Topliss-reactive ketones (excluding diaryl/α,β-unsaturated/α-hetero) is 1. The highest BCUT2D eigenvalue weighted by atomic mass is 32.2. The lowest BCUT2D eigenvalue weighted by Gasteiger charge is -2.35. The SMILES string of the molecule is CCCC(NC(=O)[C@@H]1CC2(CN1C(=O)[C@@H](NC(=O)OCC(C)C)C1CCCCC1)SCCCS2)C(=O)C(=O)NCC(=O)NC(c1ccccn1)c1nn[nH]n1. The Hall–Kier alpha value is -4.26. The van der Waals surface area contributed by atoms with Crippen LogP contribution < -0.4 is 21.3 Å². The number of ketones is 1. The Bertz CT molecular complexity index is 1620. The van der Waals surface area contributed by atoms with Crippen molar-refractivity contribution in [2.75, 3.05) is 31.2 Å². The van der Waals surface area contributed by atoms with Crippen molar-refractivity contribution in [1.82, 2.24) is 51.8 Å². The van der Waals surface area contributed by atoms with Crippen molar-refractivity contribution in [2.45, 2.75) is 107 Å². The molecule has 0 aromatic carbocycles. The van der Waals surface area contributed by atoms with Crippen LogP contribution in [0.15, 0.2) is 24.4 Å². The van der Waals surface area contributed by atoms with Gasteiger partial charge in [0, 0.05) is 19.2 Å². The molecule has 5 rings (SSSR count). The van der Waals surface area contributed by atoms with E-state index in [0.29, 0.717) is 25.1 Å². The molecule has 2 aromatic heterocycles. The number of hydrogen-bond donors (Lipinski definition) is 5. The number of ether oxygens (including phenoxy) is 1. The summed E-state index contributed by atoms with van der Waals surface area (Å²) in [5.74, 6) is -1.55. The lowest BCUT2D eigenvalue weighted by Crippen LogP contribution is -2.58. The fraction of sp³-hybridized carbons (Fsp3) is 0.667. The molecule has 1 saturated carbocycles. The highest BCUT2D eigenvalue weighted by Gasteiger charge is 2.52. The molecule has 2 aliphatic heterocycles. The number of tetrazole rings is 1. The molecule has 300 valence electrons. The number of nitrogens with one attached hydrogen (secondary N) is 5. The van der Waals surface area contributed by atoms with Crippen molar-refractivity contribution >= 4 is 59.0 Å². The van der Waals surface area contributed by atoms with Crippen molar-refractivity contribution < 1.29 is 33.5 Å². The summed E-state index contributed by atoms with van der Waals surface area (Å²) in [7, 11) is 0. The largest absolute Gasteiger partial charge is 0.449 e. The standard InChI is InChI=1S/C36H52N10O7S2/c1-4-11-25(30(48)33(50)38-19-27(47)40-29(31-42-44-45-43-31)24-14-8-9-15-37-24)39-32(49)26-18-36(54-16-10-17-55-36)21-46(26)34(51)28(23-12-6-5-7-13-23)41-35(52)53-20-22(2)3/h8-9,14-15,22-23,25-26,28-29H,4-7,10-13,16-21H2,1-3H3,(H,38,50)(H,39,49)(H,40,47)(H,41,52)(H,42,43,44,45)/t25?,26-,28-,29?/m0/s1. The lowest BCUT2D eigenvalue weighted by molar-refractivity contribution is -0.143. The molecule has 5 amide bonds. The van der Waals surface area contributed by atoms with Crippen LogP contribution >= 0.6 is 23.5 Å². The number of aromatic nitrogens is 5. The summed E-state index contributed by atoms with van der Waals surface area (Å²) in [5.41, 5.74) is 0.434. The van der Waals surface area contributed by atoms with Crippen LogP contribution in [0.4, 0.5) is 4.79 Å². The number of nitrogens with zero attached hydrogens (tertiary/aromatic N) is 5. The highest BCUT2D eigenvalue weighted by molar-refractivity contribution is 8.18. The van der Waals surface area contributed by atoms with Gasteiger partial charge in [0.05, 0.1) is 29.0 Å². The van der Waals surface area contributed by atoms with Crippen LogP contribution in [0.3, 0.4) is 0 Å². The van der Waals surface area contributed by atoms with Crippen molar-refractivity contribution in [3.05, 3.63) is 35.9 Å². The molecule has 19 heteroatoms. The van der Waals surface area contributed by atoms with Gasteiger partial charge in [-0.25, -0.2) is 4.79 Å². The van der Waals surface area contributed by atoms with Crippen molar-refractivity contribution in [3.8, 4) is 0 Å². The first-order chi connectivity index (χ1) is 26.5. The van der Waals surface area contributed by atoms with E-state index in [1.165, 1.54) is 0 Å². The third kappa shape index (κ3) is 11.4. The number of carbonyl (C=O) groups is 6. The van der Waals surface area contributed by atoms with Gasteiger partial charge in [-0.2, -0.15) is 5.21 Å². The molecular formula is C36H52N10O7S2. The maximum Gasteiger partial charge on any atom is 0.407 e. The minimum absolute atomic E-state index is 0.110. The first kappa shape index (κ1) is 41.9. The second kappa shape index (κ2) is 20.1. The van der Waals surface area contributed by atoms with Crippen LogP contribution in [-0.2, 0) is 28.7 Å². The molecule has 0 radical (unpaired) electrons. The highest BCUT2D eigenvalue weighted by Crippen LogP contribution is 2.50.